The van der Waals surface area contributed by atoms with Crippen molar-refractivity contribution in [2.24, 2.45) is 5.14 Å². The van der Waals surface area contributed by atoms with Gasteiger partial charge in [-0.1, -0.05) is 0 Å². The molecule has 1 rings (SSSR count). The molecule has 1 aromatic carbocycles. The largest absolute Gasteiger partial charge is 0.378 e. The van der Waals surface area contributed by atoms with Gasteiger partial charge in [0, 0.05) is 24.7 Å². The summed E-state index contributed by atoms with van der Waals surface area (Å²) in [5.41, 5.74) is -0.0367. The van der Waals surface area contributed by atoms with Crippen LogP contribution in [0.3, 0.4) is 0 Å². The van der Waals surface area contributed by atoms with Crippen molar-refractivity contribution < 1.29 is 18.1 Å². The smallest absolute Gasteiger partial charge is 0.293 e. The molecule has 0 aromatic heterocycles. The minimum Gasteiger partial charge on any atom is -0.378 e. The number of rotatable bonds is 7. The second-order valence-corrected chi connectivity index (χ2v) is 5.88. The molecular formula is C11H16N4O5S. The van der Waals surface area contributed by atoms with Crippen LogP contribution in [0.25, 0.3) is 0 Å². The molecule has 0 aliphatic heterocycles. The molecule has 116 valence electrons. The van der Waals surface area contributed by atoms with Crippen molar-refractivity contribution in [1.82, 2.24) is 5.32 Å². The van der Waals surface area contributed by atoms with Gasteiger partial charge in [0.25, 0.3) is 11.6 Å². The first-order valence-corrected chi connectivity index (χ1v) is 7.77. The van der Waals surface area contributed by atoms with E-state index in [0.717, 1.165) is 6.07 Å². The molecule has 0 aliphatic carbocycles. The maximum atomic E-state index is 11.6. The quantitative estimate of drug-likeness (QED) is 0.478. The first kappa shape index (κ1) is 16.9. The highest BCUT2D eigenvalue weighted by Gasteiger charge is 2.17. The number of carbonyl (C=O) groups is 1. The van der Waals surface area contributed by atoms with Gasteiger partial charge in [0.05, 0.1) is 10.7 Å². The average Bonchev–Trinajstić information content (AvgIpc) is 2.37. The number of sulfonamides is 1. The predicted octanol–water partition coefficient (Wildman–Crippen LogP) is 0.0449. The molecular weight excluding hydrogens is 300 g/mol. The molecule has 21 heavy (non-hydrogen) atoms. The third kappa shape index (κ3) is 5.36. The van der Waals surface area contributed by atoms with E-state index in [2.05, 4.69) is 10.6 Å². The van der Waals surface area contributed by atoms with Crippen LogP contribution in [0.2, 0.25) is 0 Å². The minimum absolute atomic E-state index is 0.0693. The second-order valence-electron chi connectivity index (χ2n) is 4.14. The van der Waals surface area contributed by atoms with Crippen LogP contribution in [0.5, 0.6) is 0 Å². The van der Waals surface area contributed by atoms with Crippen molar-refractivity contribution in [3.8, 4) is 0 Å². The Hall–Kier alpha value is -2.20. The molecule has 0 fully saturated rings. The van der Waals surface area contributed by atoms with E-state index >= 15 is 0 Å². The van der Waals surface area contributed by atoms with Gasteiger partial charge in [-0.15, -0.1) is 0 Å². The molecule has 0 bridgehead atoms. The zero-order valence-electron chi connectivity index (χ0n) is 11.3. The summed E-state index contributed by atoms with van der Waals surface area (Å²) in [6.45, 7) is 2.07. The van der Waals surface area contributed by atoms with Gasteiger partial charge in [-0.25, -0.2) is 13.6 Å². The fourth-order valence-electron chi connectivity index (χ4n) is 1.56. The summed E-state index contributed by atoms with van der Waals surface area (Å²) in [4.78, 5) is 22.0. The van der Waals surface area contributed by atoms with E-state index < -0.39 is 20.9 Å². The highest BCUT2D eigenvalue weighted by Crippen LogP contribution is 2.25. The van der Waals surface area contributed by atoms with E-state index in [1.54, 1.807) is 6.92 Å². The van der Waals surface area contributed by atoms with E-state index in [4.69, 9.17) is 5.14 Å². The lowest BCUT2D eigenvalue weighted by molar-refractivity contribution is -0.384. The van der Waals surface area contributed by atoms with Gasteiger partial charge in [0.15, 0.2) is 0 Å². The van der Waals surface area contributed by atoms with Crippen molar-refractivity contribution in [1.29, 1.82) is 0 Å². The highest BCUT2D eigenvalue weighted by molar-refractivity contribution is 7.89. The van der Waals surface area contributed by atoms with E-state index in [-0.39, 0.29) is 29.2 Å². The van der Waals surface area contributed by atoms with Gasteiger partial charge < -0.3 is 10.6 Å². The molecule has 0 spiro atoms. The van der Waals surface area contributed by atoms with Crippen LogP contribution < -0.4 is 15.8 Å². The highest BCUT2D eigenvalue weighted by atomic mass is 32.2. The number of benzene rings is 1. The van der Waals surface area contributed by atoms with E-state index in [1.807, 2.05) is 0 Å². The average molecular weight is 316 g/mol. The maximum Gasteiger partial charge on any atom is 0.293 e. The molecule has 10 heteroatoms. The summed E-state index contributed by atoms with van der Waals surface area (Å²) in [5, 5.41) is 21.0. The van der Waals surface area contributed by atoms with Crippen molar-refractivity contribution in [3.63, 3.8) is 0 Å². The third-order valence-electron chi connectivity index (χ3n) is 2.50. The van der Waals surface area contributed by atoms with E-state index in [0.29, 0.717) is 6.54 Å². The molecule has 4 N–H and O–H groups in total. The van der Waals surface area contributed by atoms with Gasteiger partial charge in [-0.3, -0.25) is 14.9 Å². The Labute approximate surface area is 121 Å². The Balaban J connectivity index is 2.94. The number of carbonyl (C=O) groups excluding carboxylic acids is 1. The van der Waals surface area contributed by atoms with Crippen molar-refractivity contribution >= 4 is 27.3 Å². The van der Waals surface area contributed by atoms with Crippen molar-refractivity contribution in [3.05, 3.63) is 33.9 Å². The van der Waals surface area contributed by atoms with Crippen LogP contribution in [0.4, 0.5) is 11.4 Å². The van der Waals surface area contributed by atoms with Crippen molar-refractivity contribution in [2.45, 2.75) is 6.92 Å². The Morgan fingerprint density at radius 3 is 2.62 bits per heavy atom. The number of nitrogens with one attached hydrogen (secondary N) is 2. The molecule has 0 heterocycles. The molecule has 0 radical (unpaired) electrons. The summed E-state index contributed by atoms with van der Waals surface area (Å²) in [6.07, 6.45) is 0. The third-order valence-corrected chi connectivity index (χ3v) is 3.27. The van der Waals surface area contributed by atoms with Crippen LogP contribution in [-0.4, -0.2) is 38.1 Å². The first-order chi connectivity index (χ1) is 9.74. The number of nitrogens with zero attached hydrogens (tertiary/aromatic N) is 1. The van der Waals surface area contributed by atoms with Crippen molar-refractivity contribution in [2.75, 3.05) is 24.2 Å². The molecule has 0 unspecified atom stereocenters. The summed E-state index contributed by atoms with van der Waals surface area (Å²) < 4.78 is 21.6. The lowest BCUT2D eigenvalue weighted by Gasteiger charge is -2.08. The Bertz CT molecular complexity index is 644. The molecule has 9 nitrogen and oxygen atoms in total. The molecule has 0 saturated heterocycles. The number of hydrogen-bond donors (Lipinski definition) is 3. The summed E-state index contributed by atoms with van der Waals surface area (Å²) in [7, 11) is -3.65. The number of primary sulfonamides is 1. The number of nitrogens with two attached hydrogens (primary N) is 1. The number of nitro groups is 1. The van der Waals surface area contributed by atoms with Crippen LogP contribution in [-0.2, 0) is 10.0 Å². The normalized spacial score (nSPS) is 11.0. The first-order valence-electron chi connectivity index (χ1n) is 6.05. The molecule has 1 aromatic rings. The monoisotopic (exact) mass is 316 g/mol. The Kier molecular flexibility index (Phi) is 5.61. The van der Waals surface area contributed by atoms with Gasteiger partial charge in [-0.05, 0) is 19.1 Å². The predicted molar refractivity (Wildman–Crippen MR) is 77.6 cm³/mol. The number of nitro benzene ring substituents is 1. The number of hydrogen-bond acceptors (Lipinski definition) is 6. The standard InChI is InChI=1S/C11H16N4O5S/c1-2-13-11(16)8-3-4-9(10(7-8)15(17)18)14-5-6-21(12,19)20/h3-4,7,14H,2,5-6H2,1H3,(H,13,16)(H2,12,19,20). The molecule has 0 aliphatic rings. The van der Waals surface area contributed by atoms with E-state index in [1.165, 1.54) is 12.1 Å². The molecule has 1 amide bonds. The van der Waals surface area contributed by atoms with Gasteiger partial charge >= 0.3 is 0 Å². The fraction of sp³-hybridized carbons (Fsp3) is 0.364. The Morgan fingerprint density at radius 2 is 2.10 bits per heavy atom. The second kappa shape index (κ2) is 6.99. The van der Waals surface area contributed by atoms with Crippen LogP contribution in [0, 0.1) is 10.1 Å². The number of anilines is 1. The summed E-state index contributed by atoms with van der Waals surface area (Å²) in [6, 6.07) is 3.90. The topological polar surface area (TPSA) is 144 Å². The maximum absolute atomic E-state index is 11.6. The van der Waals surface area contributed by atoms with E-state index in [9.17, 15) is 23.3 Å². The van der Waals surface area contributed by atoms with Gasteiger partial charge in [0.1, 0.15) is 5.69 Å². The van der Waals surface area contributed by atoms with Crippen LogP contribution in [0.15, 0.2) is 18.2 Å². The molecule has 0 atom stereocenters. The zero-order valence-corrected chi connectivity index (χ0v) is 12.1. The van der Waals surface area contributed by atoms with Crippen LogP contribution >= 0.6 is 0 Å². The zero-order chi connectivity index (χ0) is 16.0. The number of amides is 1. The minimum atomic E-state index is -3.65. The summed E-state index contributed by atoms with van der Waals surface area (Å²) in [5.74, 6) is -0.779. The van der Waals surface area contributed by atoms with Crippen LogP contribution in [0.1, 0.15) is 17.3 Å². The van der Waals surface area contributed by atoms with Gasteiger partial charge in [-0.2, -0.15) is 0 Å². The lowest BCUT2D eigenvalue weighted by Crippen LogP contribution is -2.23. The SMILES string of the molecule is CCNC(=O)c1ccc(NCCS(N)(=O)=O)c([N+](=O)[O-])c1. The molecule has 0 saturated carbocycles. The van der Waals surface area contributed by atoms with Gasteiger partial charge in [0.2, 0.25) is 10.0 Å². The Morgan fingerprint density at radius 1 is 1.43 bits per heavy atom. The fourth-order valence-corrected chi connectivity index (χ4v) is 1.95. The lowest BCUT2D eigenvalue weighted by atomic mass is 10.1. The summed E-state index contributed by atoms with van der Waals surface area (Å²) >= 11 is 0.